The minimum absolute atomic E-state index is 0.105. The fourth-order valence-corrected chi connectivity index (χ4v) is 3.40. The number of rotatable bonds is 9. The van der Waals surface area contributed by atoms with E-state index >= 15 is 0 Å². The lowest BCUT2D eigenvalue weighted by Crippen LogP contribution is -2.22. The van der Waals surface area contributed by atoms with Crippen LogP contribution in [0.1, 0.15) is 6.42 Å². The zero-order valence-corrected chi connectivity index (χ0v) is 16.5. The molecule has 0 saturated heterocycles. The van der Waals surface area contributed by atoms with E-state index in [1.165, 1.54) is 0 Å². The molecule has 0 fully saturated rings. The van der Waals surface area contributed by atoms with Crippen LogP contribution in [0.15, 0.2) is 59.4 Å². The summed E-state index contributed by atoms with van der Waals surface area (Å²) in [4.78, 5) is 18.8. The van der Waals surface area contributed by atoms with Crippen LogP contribution in [0, 0.1) is 0 Å². The van der Waals surface area contributed by atoms with E-state index < -0.39 is 0 Å². The highest BCUT2D eigenvalue weighted by molar-refractivity contribution is 5.89. The average molecular weight is 391 g/mol. The Morgan fingerprint density at radius 1 is 0.897 bits per heavy atom. The van der Waals surface area contributed by atoms with Crippen molar-refractivity contribution >= 4 is 21.8 Å². The summed E-state index contributed by atoms with van der Waals surface area (Å²) in [6, 6.07) is 17.6. The van der Waals surface area contributed by atoms with Crippen LogP contribution in [-0.4, -0.2) is 43.4 Å². The van der Waals surface area contributed by atoms with E-state index in [4.69, 9.17) is 9.47 Å². The molecular weight excluding hydrogens is 366 g/mol. The van der Waals surface area contributed by atoms with Crippen LogP contribution in [0.3, 0.4) is 0 Å². The van der Waals surface area contributed by atoms with E-state index in [1.807, 2.05) is 54.6 Å². The monoisotopic (exact) mass is 391 g/mol. The average Bonchev–Trinajstić information content (AvgIpc) is 3.15. The second-order valence-electron chi connectivity index (χ2n) is 6.98. The number of aromatic nitrogens is 2. The Kier molecular flexibility index (Phi) is 5.93. The predicted octanol–water partition coefficient (Wildman–Crippen LogP) is 3.68. The van der Waals surface area contributed by atoms with Crippen molar-refractivity contribution in [2.24, 2.45) is 0 Å². The molecule has 0 spiro atoms. The van der Waals surface area contributed by atoms with Gasteiger partial charge in [-0.25, -0.2) is 0 Å². The lowest BCUT2D eigenvalue weighted by atomic mass is 10.1. The first-order chi connectivity index (χ1) is 14.2. The van der Waals surface area contributed by atoms with E-state index in [0.29, 0.717) is 12.2 Å². The van der Waals surface area contributed by atoms with Crippen molar-refractivity contribution in [1.29, 1.82) is 0 Å². The summed E-state index contributed by atoms with van der Waals surface area (Å²) in [6.45, 7) is 3.06. The number of methoxy groups -OCH3 is 1. The maximum atomic E-state index is 12.5. The Hall–Kier alpha value is -3.09. The van der Waals surface area contributed by atoms with Crippen molar-refractivity contribution in [3.63, 3.8) is 0 Å². The van der Waals surface area contributed by atoms with Gasteiger partial charge >= 0.3 is 0 Å². The van der Waals surface area contributed by atoms with Crippen LogP contribution >= 0.6 is 0 Å². The molecule has 0 saturated carbocycles. The number of ether oxygens (including phenoxy) is 2. The van der Waals surface area contributed by atoms with Gasteiger partial charge in [0.2, 0.25) is 0 Å². The van der Waals surface area contributed by atoms with Gasteiger partial charge < -0.3 is 24.8 Å². The van der Waals surface area contributed by atoms with Gasteiger partial charge in [0, 0.05) is 36.7 Å². The molecule has 0 atom stereocenters. The van der Waals surface area contributed by atoms with Gasteiger partial charge in [-0.05, 0) is 54.8 Å². The number of hydrogen-bond donors (Lipinski definition) is 3. The number of H-pyrrole nitrogens is 2. The highest BCUT2D eigenvalue weighted by Crippen LogP contribution is 2.26. The van der Waals surface area contributed by atoms with Crippen molar-refractivity contribution in [2.45, 2.75) is 6.42 Å². The molecule has 150 valence electrons. The molecule has 0 amide bonds. The summed E-state index contributed by atoms with van der Waals surface area (Å²) < 4.78 is 10.9. The molecule has 2 aromatic heterocycles. The molecule has 29 heavy (non-hydrogen) atoms. The summed E-state index contributed by atoms with van der Waals surface area (Å²) >= 11 is 0. The second-order valence-corrected chi connectivity index (χ2v) is 6.98. The molecule has 0 aliphatic carbocycles. The number of fused-ring (bicyclic) bond motifs is 2. The molecule has 0 aliphatic heterocycles. The van der Waals surface area contributed by atoms with Gasteiger partial charge in [0.25, 0.3) is 5.56 Å². The van der Waals surface area contributed by atoms with Gasteiger partial charge in [0.05, 0.1) is 11.3 Å². The molecule has 4 aromatic rings. The third-order valence-corrected chi connectivity index (χ3v) is 4.89. The molecule has 6 heteroatoms. The lowest BCUT2D eigenvalue weighted by molar-refractivity contribution is 0.193. The van der Waals surface area contributed by atoms with Gasteiger partial charge in [-0.3, -0.25) is 4.79 Å². The quantitative estimate of drug-likeness (QED) is 0.380. The van der Waals surface area contributed by atoms with Crippen LogP contribution < -0.4 is 15.6 Å². The maximum absolute atomic E-state index is 12.5. The maximum Gasteiger partial charge on any atom is 0.257 e. The Balaban J connectivity index is 1.47. The molecule has 0 bridgehead atoms. The van der Waals surface area contributed by atoms with Crippen molar-refractivity contribution in [3.05, 3.63) is 65.0 Å². The SMILES string of the molecule is COCCCNCCOc1ccc2[nH]c(-c3cc4ccccc4[nH]c3=O)cc2c1. The number of nitrogens with one attached hydrogen (secondary N) is 3. The van der Waals surface area contributed by atoms with Gasteiger partial charge in [-0.2, -0.15) is 0 Å². The molecule has 4 rings (SSSR count). The molecule has 2 heterocycles. The third kappa shape index (κ3) is 4.50. The van der Waals surface area contributed by atoms with Crippen molar-refractivity contribution < 1.29 is 9.47 Å². The van der Waals surface area contributed by atoms with E-state index in [1.54, 1.807) is 7.11 Å². The van der Waals surface area contributed by atoms with Gasteiger partial charge in [-0.1, -0.05) is 18.2 Å². The zero-order valence-electron chi connectivity index (χ0n) is 16.5. The Morgan fingerprint density at radius 2 is 1.76 bits per heavy atom. The summed E-state index contributed by atoms with van der Waals surface area (Å²) in [5.74, 6) is 0.814. The third-order valence-electron chi connectivity index (χ3n) is 4.89. The largest absolute Gasteiger partial charge is 0.492 e. The number of aromatic amines is 2. The molecule has 0 radical (unpaired) electrons. The van der Waals surface area contributed by atoms with Gasteiger partial charge in [-0.15, -0.1) is 0 Å². The normalized spacial score (nSPS) is 11.3. The van der Waals surface area contributed by atoms with Crippen LogP contribution in [0.4, 0.5) is 0 Å². The first-order valence-electron chi connectivity index (χ1n) is 9.82. The number of hydrogen-bond acceptors (Lipinski definition) is 4. The minimum Gasteiger partial charge on any atom is -0.492 e. The summed E-state index contributed by atoms with van der Waals surface area (Å²) in [5.41, 5.74) is 3.12. The summed E-state index contributed by atoms with van der Waals surface area (Å²) in [7, 11) is 1.71. The predicted molar refractivity (Wildman–Crippen MR) is 117 cm³/mol. The Labute approximate surface area is 168 Å². The molecular formula is C23H25N3O3. The number of para-hydroxylation sites is 1. The number of benzene rings is 2. The van der Waals surface area contributed by atoms with Gasteiger partial charge in [0.15, 0.2) is 0 Å². The van der Waals surface area contributed by atoms with Crippen molar-refractivity contribution in [1.82, 2.24) is 15.3 Å². The Bertz CT molecular complexity index is 1160. The highest BCUT2D eigenvalue weighted by Gasteiger charge is 2.09. The minimum atomic E-state index is -0.105. The molecule has 0 unspecified atom stereocenters. The van der Waals surface area contributed by atoms with Gasteiger partial charge in [0.1, 0.15) is 12.4 Å². The van der Waals surface area contributed by atoms with Crippen LogP contribution in [0.5, 0.6) is 5.75 Å². The molecule has 3 N–H and O–H groups in total. The molecule has 6 nitrogen and oxygen atoms in total. The summed E-state index contributed by atoms with van der Waals surface area (Å²) in [6.07, 6.45) is 0.989. The van der Waals surface area contributed by atoms with E-state index in [0.717, 1.165) is 59.4 Å². The first-order valence-corrected chi connectivity index (χ1v) is 9.82. The van der Waals surface area contributed by atoms with E-state index in [-0.39, 0.29) is 5.56 Å². The van der Waals surface area contributed by atoms with Crippen molar-refractivity contribution in [2.75, 3.05) is 33.4 Å². The lowest BCUT2D eigenvalue weighted by Gasteiger charge is -2.07. The highest BCUT2D eigenvalue weighted by atomic mass is 16.5. The topological polar surface area (TPSA) is 79.1 Å². The fraction of sp³-hybridized carbons (Fsp3) is 0.261. The standard InChI is InChI=1S/C23H25N3O3/c1-28-11-4-9-24-10-12-29-18-7-8-21-17(13-18)15-22(25-21)19-14-16-5-2-3-6-20(16)26-23(19)27/h2-3,5-8,13-15,24-25H,4,9-12H2,1H3,(H,26,27). The molecule has 2 aromatic carbocycles. The first kappa shape index (κ1) is 19.2. The van der Waals surface area contributed by atoms with Crippen LogP contribution in [0.25, 0.3) is 33.1 Å². The van der Waals surface area contributed by atoms with E-state index in [2.05, 4.69) is 15.3 Å². The molecule has 0 aliphatic rings. The second kappa shape index (κ2) is 8.94. The van der Waals surface area contributed by atoms with Crippen LogP contribution in [0.2, 0.25) is 0 Å². The van der Waals surface area contributed by atoms with Crippen molar-refractivity contribution in [3.8, 4) is 17.0 Å². The number of pyridine rings is 1. The zero-order chi connectivity index (χ0) is 20.1. The smallest absolute Gasteiger partial charge is 0.257 e. The summed E-state index contributed by atoms with van der Waals surface area (Å²) in [5, 5.41) is 5.34. The van der Waals surface area contributed by atoms with Crippen LogP contribution in [-0.2, 0) is 4.74 Å². The fourth-order valence-electron chi connectivity index (χ4n) is 3.40. The van der Waals surface area contributed by atoms with E-state index in [9.17, 15) is 4.79 Å². The Morgan fingerprint density at radius 3 is 2.66 bits per heavy atom.